The molecule has 0 atom stereocenters. The van der Waals surface area contributed by atoms with E-state index in [2.05, 4.69) is 26.6 Å². The Labute approximate surface area is 200 Å². The van der Waals surface area contributed by atoms with Crippen molar-refractivity contribution in [1.29, 1.82) is 0 Å². The van der Waals surface area contributed by atoms with Crippen molar-refractivity contribution >= 4 is 71.9 Å². The van der Waals surface area contributed by atoms with Crippen LogP contribution in [0.15, 0.2) is 76.1 Å². The summed E-state index contributed by atoms with van der Waals surface area (Å²) in [5, 5.41) is 6.96. The van der Waals surface area contributed by atoms with E-state index in [-0.39, 0.29) is 4.90 Å². The fraction of sp³-hybridized carbons (Fsp3) is 0.136. The molecule has 4 rings (SSSR count). The van der Waals surface area contributed by atoms with Gasteiger partial charge in [0, 0.05) is 16.7 Å². The van der Waals surface area contributed by atoms with Crippen LogP contribution in [-0.4, -0.2) is 20.1 Å². The highest BCUT2D eigenvalue weighted by molar-refractivity contribution is 9.10. The second-order valence-corrected chi connectivity index (χ2v) is 10.6. The predicted molar refractivity (Wildman–Crippen MR) is 135 cm³/mol. The van der Waals surface area contributed by atoms with E-state index in [1.54, 1.807) is 30.3 Å². The average molecular weight is 537 g/mol. The van der Waals surface area contributed by atoms with Crippen molar-refractivity contribution in [2.75, 3.05) is 21.5 Å². The molecular formula is C22H19BrClN3O2S2. The summed E-state index contributed by atoms with van der Waals surface area (Å²) in [4.78, 5) is 0.240. The molecule has 0 bridgehead atoms. The largest absolute Gasteiger partial charge is 0.332 e. The lowest BCUT2D eigenvalue weighted by Crippen LogP contribution is -2.35. The molecule has 1 aliphatic heterocycles. The number of halogens is 2. The van der Waals surface area contributed by atoms with Gasteiger partial charge in [0.25, 0.3) is 10.0 Å². The quantitative estimate of drug-likeness (QED) is 0.397. The summed E-state index contributed by atoms with van der Waals surface area (Å²) in [7, 11) is -3.64. The molecule has 0 spiro atoms. The number of fused-ring (bicyclic) bond motifs is 1. The van der Waals surface area contributed by atoms with E-state index in [1.807, 2.05) is 36.4 Å². The lowest BCUT2D eigenvalue weighted by molar-refractivity contribution is 0.586. The number of nitrogens with zero attached hydrogens (tertiary/aromatic N) is 1. The first-order valence-electron chi connectivity index (χ1n) is 9.58. The maximum atomic E-state index is 13.2. The number of nitrogens with one attached hydrogen (secondary N) is 2. The standard InChI is InChI=1S/C22H19BrClN3O2S2/c23-16-7-12-20(19(24)14-16)26-22(30)25-17-8-10-18(11-9-17)31(28,29)27-13-3-5-15-4-1-2-6-21(15)27/h1-2,4,6-12,14H,3,5,13H2,(H2,25,26,30). The molecule has 0 saturated carbocycles. The number of para-hydroxylation sites is 1. The van der Waals surface area contributed by atoms with Gasteiger partial charge in [0.1, 0.15) is 0 Å². The fourth-order valence-electron chi connectivity index (χ4n) is 3.46. The van der Waals surface area contributed by atoms with Crippen molar-refractivity contribution in [2.45, 2.75) is 17.7 Å². The van der Waals surface area contributed by atoms with Gasteiger partial charge >= 0.3 is 0 Å². The van der Waals surface area contributed by atoms with E-state index in [9.17, 15) is 8.42 Å². The Morgan fingerprint density at radius 3 is 2.52 bits per heavy atom. The highest BCUT2D eigenvalue weighted by Crippen LogP contribution is 2.32. The number of rotatable bonds is 4. The zero-order chi connectivity index (χ0) is 22.0. The maximum absolute atomic E-state index is 13.2. The smallest absolute Gasteiger partial charge is 0.264 e. The van der Waals surface area contributed by atoms with Gasteiger partial charge in [0.2, 0.25) is 0 Å². The topological polar surface area (TPSA) is 61.4 Å². The van der Waals surface area contributed by atoms with Crippen molar-refractivity contribution in [2.24, 2.45) is 0 Å². The van der Waals surface area contributed by atoms with E-state index in [4.69, 9.17) is 23.8 Å². The van der Waals surface area contributed by atoms with Crippen molar-refractivity contribution in [3.63, 3.8) is 0 Å². The van der Waals surface area contributed by atoms with Gasteiger partial charge in [0.15, 0.2) is 5.11 Å². The average Bonchev–Trinajstić information content (AvgIpc) is 2.75. The van der Waals surface area contributed by atoms with Crippen molar-refractivity contribution < 1.29 is 8.42 Å². The SMILES string of the molecule is O=S(=O)(c1ccc(NC(=S)Nc2ccc(Br)cc2Cl)cc1)N1CCCc2ccccc21. The molecule has 2 N–H and O–H groups in total. The molecule has 0 amide bonds. The van der Waals surface area contributed by atoms with Gasteiger partial charge in [-0.2, -0.15) is 0 Å². The number of benzene rings is 3. The van der Waals surface area contributed by atoms with Crippen molar-refractivity contribution in [3.05, 3.63) is 81.8 Å². The predicted octanol–water partition coefficient (Wildman–Crippen LogP) is 6.05. The first-order chi connectivity index (χ1) is 14.8. The van der Waals surface area contributed by atoms with Crippen LogP contribution in [0.2, 0.25) is 5.02 Å². The molecular weight excluding hydrogens is 518 g/mol. The Kier molecular flexibility index (Phi) is 6.52. The third-order valence-corrected chi connectivity index (χ3v) is 7.78. The van der Waals surface area contributed by atoms with Crippen LogP contribution in [-0.2, 0) is 16.4 Å². The monoisotopic (exact) mass is 535 g/mol. The highest BCUT2D eigenvalue weighted by atomic mass is 79.9. The molecule has 160 valence electrons. The molecule has 9 heteroatoms. The summed E-state index contributed by atoms with van der Waals surface area (Å²) in [6, 6.07) is 19.6. The number of sulfonamides is 1. The molecule has 0 unspecified atom stereocenters. The third-order valence-electron chi connectivity index (χ3n) is 4.95. The number of hydrogen-bond donors (Lipinski definition) is 2. The minimum atomic E-state index is -3.64. The minimum absolute atomic E-state index is 0.240. The molecule has 3 aromatic carbocycles. The zero-order valence-corrected chi connectivity index (χ0v) is 20.3. The second kappa shape index (κ2) is 9.16. The van der Waals surface area contributed by atoms with Crippen LogP contribution in [0.4, 0.5) is 17.1 Å². The number of anilines is 3. The maximum Gasteiger partial charge on any atom is 0.264 e. The van der Waals surface area contributed by atoms with Crippen LogP contribution in [0.1, 0.15) is 12.0 Å². The van der Waals surface area contributed by atoms with Crippen LogP contribution in [0.5, 0.6) is 0 Å². The normalized spacial score (nSPS) is 13.4. The number of aryl methyl sites for hydroxylation is 1. The summed E-state index contributed by atoms with van der Waals surface area (Å²) in [5.74, 6) is 0. The molecule has 0 aromatic heterocycles. The summed E-state index contributed by atoms with van der Waals surface area (Å²) < 4.78 is 28.8. The Morgan fingerprint density at radius 2 is 1.77 bits per heavy atom. The van der Waals surface area contributed by atoms with Crippen LogP contribution in [0.25, 0.3) is 0 Å². The molecule has 3 aromatic rings. The molecule has 0 aliphatic carbocycles. The van der Waals surface area contributed by atoms with E-state index in [1.165, 1.54) is 4.31 Å². The molecule has 1 aliphatic rings. The summed E-state index contributed by atoms with van der Waals surface area (Å²) in [6.45, 7) is 0.474. The summed E-state index contributed by atoms with van der Waals surface area (Å²) >= 11 is 14.9. The molecule has 0 radical (unpaired) electrons. The minimum Gasteiger partial charge on any atom is -0.332 e. The highest BCUT2D eigenvalue weighted by Gasteiger charge is 2.28. The van der Waals surface area contributed by atoms with Gasteiger partial charge in [-0.1, -0.05) is 45.7 Å². The van der Waals surface area contributed by atoms with Crippen LogP contribution in [0, 0.1) is 0 Å². The van der Waals surface area contributed by atoms with Crippen molar-refractivity contribution in [3.8, 4) is 0 Å². The fourth-order valence-corrected chi connectivity index (χ4v) is 5.95. The first kappa shape index (κ1) is 22.1. The number of hydrogen-bond acceptors (Lipinski definition) is 3. The van der Waals surface area contributed by atoms with Gasteiger partial charge in [-0.05, 0) is 79.2 Å². The molecule has 5 nitrogen and oxygen atoms in total. The Hall–Kier alpha value is -2.13. The molecule has 0 saturated heterocycles. The Balaban J connectivity index is 1.48. The van der Waals surface area contributed by atoms with Gasteiger partial charge in [0.05, 0.1) is 21.3 Å². The van der Waals surface area contributed by atoms with E-state index in [0.717, 1.165) is 28.6 Å². The van der Waals surface area contributed by atoms with Gasteiger partial charge < -0.3 is 10.6 Å². The van der Waals surface area contributed by atoms with Gasteiger partial charge in [-0.15, -0.1) is 0 Å². The zero-order valence-electron chi connectivity index (χ0n) is 16.3. The van der Waals surface area contributed by atoms with E-state index in [0.29, 0.717) is 28.1 Å². The van der Waals surface area contributed by atoms with E-state index < -0.39 is 10.0 Å². The first-order valence-corrected chi connectivity index (χ1v) is 12.6. The summed E-state index contributed by atoms with van der Waals surface area (Å²) in [6.07, 6.45) is 1.69. The summed E-state index contributed by atoms with van der Waals surface area (Å²) in [5.41, 5.74) is 3.15. The van der Waals surface area contributed by atoms with Crippen LogP contribution in [0.3, 0.4) is 0 Å². The van der Waals surface area contributed by atoms with Gasteiger partial charge in [-0.3, -0.25) is 4.31 Å². The third kappa shape index (κ3) is 4.87. The molecule has 31 heavy (non-hydrogen) atoms. The second-order valence-electron chi connectivity index (χ2n) is 7.04. The lowest BCUT2D eigenvalue weighted by Gasteiger charge is -2.30. The van der Waals surface area contributed by atoms with Crippen LogP contribution >= 0.6 is 39.7 Å². The molecule has 1 heterocycles. The van der Waals surface area contributed by atoms with E-state index >= 15 is 0 Å². The van der Waals surface area contributed by atoms with Gasteiger partial charge in [-0.25, -0.2) is 8.42 Å². The number of thiocarbonyl (C=S) groups is 1. The van der Waals surface area contributed by atoms with Crippen LogP contribution < -0.4 is 14.9 Å². The Morgan fingerprint density at radius 1 is 1.03 bits per heavy atom. The Bertz CT molecular complexity index is 1230. The molecule has 0 fully saturated rings. The van der Waals surface area contributed by atoms with Crippen molar-refractivity contribution in [1.82, 2.24) is 0 Å². The lowest BCUT2D eigenvalue weighted by atomic mass is 10.0.